The first kappa shape index (κ1) is 20.2. The van der Waals surface area contributed by atoms with Crippen molar-refractivity contribution in [3.8, 4) is 11.1 Å². The molecule has 4 nitrogen and oxygen atoms in total. The van der Waals surface area contributed by atoms with Crippen LogP contribution in [-0.4, -0.2) is 10.5 Å². The Morgan fingerprint density at radius 1 is 0.933 bits per heavy atom. The van der Waals surface area contributed by atoms with Gasteiger partial charge >= 0.3 is 0 Å². The fourth-order valence-electron chi connectivity index (χ4n) is 3.51. The fourth-order valence-corrected chi connectivity index (χ4v) is 3.81. The van der Waals surface area contributed by atoms with Gasteiger partial charge in [0, 0.05) is 12.4 Å². The summed E-state index contributed by atoms with van der Waals surface area (Å²) in [6, 6.07) is 21.8. The van der Waals surface area contributed by atoms with E-state index in [1.165, 1.54) is 0 Å². The number of fused-ring (bicyclic) bond motifs is 1. The number of pyridine rings is 1. The van der Waals surface area contributed by atoms with Gasteiger partial charge in [-0.1, -0.05) is 71.7 Å². The average Bonchev–Trinajstić information content (AvgIpc) is 2.75. The Morgan fingerprint density at radius 3 is 2.37 bits per heavy atom. The summed E-state index contributed by atoms with van der Waals surface area (Å²) in [4.78, 5) is 26.2. The van der Waals surface area contributed by atoms with E-state index in [9.17, 15) is 9.59 Å². The monoisotopic (exact) mass is 436 g/mol. The number of para-hydroxylation sites is 1. The molecule has 1 heterocycles. The minimum atomic E-state index is -0.215. The van der Waals surface area contributed by atoms with Crippen molar-refractivity contribution in [1.29, 1.82) is 0 Å². The second kappa shape index (κ2) is 8.34. The van der Waals surface area contributed by atoms with E-state index in [0.29, 0.717) is 32.4 Å². The highest BCUT2D eigenvalue weighted by molar-refractivity contribution is 6.42. The highest BCUT2D eigenvalue weighted by Gasteiger charge is 2.19. The van der Waals surface area contributed by atoms with Gasteiger partial charge in [-0.25, -0.2) is 0 Å². The summed E-state index contributed by atoms with van der Waals surface area (Å²) in [5.41, 5.74) is 2.39. The van der Waals surface area contributed by atoms with Crippen LogP contribution >= 0.6 is 23.2 Å². The van der Waals surface area contributed by atoms with E-state index in [2.05, 4.69) is 5.32 Å². The lowest BCUT2D eigenvalue weighted by Crippen LogP contribution is -2.22. The third kappa shape index (κ3) is 3.84. The Balaban J connectivity index is 1.88. The summed E-state index contributed by atoms with van der Waals surface area (Å²) < 4.78 is 1.82. The predicted octanol–water partition coefficient (Wildman–Crippen LogP) is 5.69. The molecule has 1 amide bonds. The van der Waals surface area contributed by atoms with Crippen LogP contribution in [0.3, 0.4) is 0 Å². The maximum atomic E-state index is 13.4. The average molecular weight is 437 g/mol. The number of carbonyl (C=O) groups is 1. The number of nitrogens with one attached hydrogen (secondary N) is 1. The van der Waals surface area contributed by atoms with Gasteiger partial charge in [0.1, 0.15) is 5.82 Å². The molecule has 0 atom stereocenters. The third-order valence-corrected chi connectivity index (χ3v) is 5.72. The minimum absolute atomic E-state index is 0.183. The number of benzene rings is 3. The molecule has 0 fully saturated rings. The van der Waals surface area contributed by atoms with E-state index < -0.39 is 0 Å². The number of aryl methyl sites for hydroxylation is 1. The van der Waals surface area contributed by atoms with Crippen molar-refractivity contribution in [2.75, 3.05) is 5.32 Å². The van der Waals surface area contributed by atoms with Crippen molar-refractivity contribution in [1.82, 2.24) is 4.57 Å². The van der Waals surface area contributed by atoms with Crippen molar-refractivity contribution in [2.24, 2.45) is 7.05 Å². The van der Waals surface area contributed by atoms with E-state index in [-0.39, 0.29) is 17.8 Å². The zero-order chi connectivity index (χ0) is 21.3. The van der Waals surface area contributed by atoms with E-state index >= 15 is 0 Å². The summed E-state index contributed by atoms with van der Waals surface area (Å²) in [5, 5.41) is 4.23. The molecule has 0 saturated carbocycles. The van der Waals surface area contributed by atoms with Crippen LogP contribution in [0, 0.1) is 0 Å². The number of hydrogen-bond acceptors (Lipinski definition) is 2. The van der Waals surface area contributed by atoms with Crippen molar-refractivity contribution in [3.63, 3.8) is 0 Å². The van der Waals surface area contributed by atoms with Gasteiger partial charge < -0.3 is 9.88 Å². The number of carbonyl (C=O) groups excluding carboxylic acids is 1. The van der Waals surface area contributed by atoms with Crippen molar-refractivity contribution in [3.05, 3.63) is 98.6 Å². The molecule has 0 aliphatic carbocycles. The minimum Gasteiger partial charge on any atom is -0.330 e. The molecule has 6 heteroatoms. The van der Waals surface area contributed by atoms with Crippen LogP contribution in [-0.2, 0) is 18.3 Å². The summed E-state index contributed by atoms with van der Waals surface area (Å²) in [6.45, 7) is 0. The van der Waals surface area contributed by atoms with Crippen molar-refractivity contribution in [2.45, 2.75) is 6.42 Å². The second-order valence-electron chi connectivity index (χ2n) is 6.97. The fraction of sp³-hybridized carbons (Fsp3) is 0.0833. The normalized spacial score (nSPS) is 10.9. The van der Waals surface area contributed by atoms with Gasteiger partial charge in [0.2, 0.25) is 5.91 Å². The Hall–Kier alpha value is -3.08. The van der Waals surface area contributed by atoms with Crippen LogP contribution < -0.4 is 10.7 Å². The van der Waals surface area contributed by atoms with Crippen LogP contribution in [0.1, 0.15) is 5.56 Å². The van der Waals surface area contributed by atoms with Gasteiger partial charge in [-0.2, -0.15) is 0 Å². The molecule has 0 aliphatic heterocycles. The quantitative estimate of drug-likeness (QED) is 0.446. The van der Waals surface area contributed by atoms with Gasteiger partial charge in [0.15, 0.2) is 5.43 Å². The molecule has 0 radical (unpaired) electrons. The van der Waals surface area contributed by atoms with Crippen molar-refractivity contribution >= 4 is 45.8 Å². The highest BCUT2D eigenvalue weighted by atomic mass is 35.5. The Bertz CT molecular complexity index is 1310. The molecule has 0 unspecified atom stereocenters. The second-order valence-corrected chi connectivity index (χ2v) is 7.78. The molecule has 4 aromatic rings. The van der Waals surface area contributed by atoms with Crippen LogP contribution in [0.2, 0.25) is 10.0 Å². The topological polar surface area (TPSA) is 51.1 Å². The first-order valence-corrected chi connectivity index (χ1v) is 10.1. The number of halogens is 2. The lowest BCUT2D eigenvalue weighted by Gasteiger charge is -2.18. The molecule has 3 aromatic carbocycles. The SMILES string of the molecule is Cn1c(NC(=O)Cc2ccccc2)c(-c2ccc(Cl)c(Cl)c2)c(=O)c2ccccc21. The molecule has 0 bridgehead atoms. The lowest BCUT2D eigenvalue weighted by atomic mass is 10.0. The first-order valence-electron chi connectivity index (χ1n) is 9.36. The van der Waals surface area contributed by atoms with Crippen LogP contribution in [0.15, 0.2) is 77.6 Å². The maximum Gasteiger partial charge on any atom is 0.229 e. The predicted molar refractivity (Wildman–Crippen MR) is 123 cm³/mol. The summed E-state index contributed by atoms with van der Waals surface area (Å²) in [6.07, 6.45) is 0.197. The molecule has 150 valence electrons. The standard InChI is InChI=1S/C24H18Cl2N2O2/c1-28-20-10-6-5-9-17(20)23(30)22(16-11-12-18(25)19(26)14-16)24(28)27-21(29)13-15-7-3-2-4-8-15/h2-12,14H,13H2,1H3,(H,27,29). The summed E-state index contributed by atoms with van der Waals surface area (Å²) in [5.74, 6) is 0.200. The van der Waals surface area contributed by atoms with Crippen LogP contribution in [0.25, 0.3) is 22.0 Å². The number of rotatable bonds is 4. The van der Waals surface area contributed by atoms with Crippen LogP contribution in [0.4, 0.5) is 5.82 Å². The molecular weight excluding hydrogens is 419 g/mol. The molecule has 30 heavy (non-hydrogen) atoms. The van der Waals surface area contributed by atoms with Crippen molar-refractivity contribution < 1.29 is 4.79 Å². The molecular formula is C24H18Cl2N2O2. The summed E-state index contributed by atoms with van der Waals surface area (Å²) in [7, 11) is 1.82. The lowest BCUT2D eigenvalue weighted by molar-refractivity contribution is -0.115. The highest BCUT2D eigenvalue weighted by Crippen LogP contribution is 2.32. The number of anilines is 1. The van der Waals surface area contributed by atoms with Gasteiger partial charge in [-0.3, -0.25) is 9.59 Å². The zero-order valence-electron chi connectivity index (χ0n) is 16.2. The number of hydrogen-bond donors (Lipinski definition) is 1. The van der Waals surface area contributed by atoms with E-state index in [4.69, 9.17) is 23.2 Å². The number of aromatic nitrogens is 1. The van der Waals surface area contributed by atoms with Gasteiger partial charge in [0.05, 0.1) is 27.5 Å². The smallest absolute Gasteiger partial charge is 0.229 e. The molecule has 4 rings (SSSR count). The maximum absolute atomic E-state index is 13.4. The molecule has 0 aliphatic rings. The zero-order valence-corrected chi connectivity index (χ0v) is 17.7. The largest absolute Gasteiger partial charge is 0.330 e. The summed E-state index contributed by atoms with van der Waals surface area (Å²) >= 11 is 12.3. The van der Waals surface area contributed by atoms with Gasteiger partial charge in [-0.05, 0) is 35.4 Å². The molecule has 0 spiro atoms. The number of nitrogens with zero attached hydrogens (tertiary/aromatic N) is 1. The molecule has 1 N–H and O–H groups in total. The van der Waals surface area contributed by atoms with Gasteiger partial charge in [0.25, 0.3) is 0 Å². The third-order valence-electron chi connectivity index (χ3n) is 4.98. The number of amides is 1. The molecule has 0 saturated heterocycles. The van der Waals surface area contributed by atoms with E-state index in [1.807, 2.05) is 60.1 Å². The van der Waals surface area contributed by atoms with E-state index in [1.54, 1.807) is 24.3 Å². The Labute approximate surface area is 183 Å². The Kier molecular flexibility index (Phi) is 5.62. The Morgan fingerprint density at radius 2 is 1.63 bits per heavy atom. The molecule has 1 aromatic heterocycles. The van der Waals surface area contributed by atoms with Gasteiger partial charge in [-0.15, -0.1) is 0 Å². The first-order chi connectivity index (χ1) is 14.5. The van der Waals surface area contributed by atoms with Crippen LogP contribution in [0.5, 0.6) is 0 Å². The van der Waals surface area contributed by atoms with E-state index in [0.717, 1.165) is 11.1 Å².